The van der Waals surface area contributed by atoms with Crippen LogP contribution < -0.4 is 5.73 Å². The van der Waals surface area contributed by atoms with E-state index in [0.717, 1.165) is 18.4 Å². The summed E-state index contributed by atoms with van der Waals surface area (Å²) in [5, 5.41) is 0. The Hall–Kier alpha value is -0.770. The first-order chi connectivity index (χ1) is 8.58. The van der Waals surface area contributed by atoms with E-state index in [-0.39, 0.29) is 0 Å². The summed E-state index contributed by atoms with van der Waals surface area (Å²) in [7, 11) is 2.06. The van der Waals surface area contributed by atoms with Crippen molar-refractivity contribution < 1.29 is 0 Å². The van der Waals surface area contributed by atoms with Crippen LogP contribution >= 0.6 is 0 Å². The number of rotatable bonds is 4. The minimum atomic E-state index is 0.517. The third-order valence-electron chi connectivity index (χ3n) is 4.42. The maximum atomic E-state index is 6.02. The highest BCUT2D eigenvalue weighted by Crippen LogP contribution is 2.25. The molecule has 1 heterocycles. The van der Waals surface area contributed by atoms with Crippen molar-refractivity contribution in [1.82, 2.24) is 9.80 Å². The van der Waals surface area contributed by atoms with Crippen molar-refractivity contribution in [3.05, 3.63) is 0 Å². The Labute approximate surface area is 111 Å². The molecule has 2 fully saturated rings. The van der Waals surface area contributed by atoms with E-state index in [1.165, 1.54) is 38.8 Å². The Morgan fingerprint density at radius 2 is 1.94 bits per heavy atom. The van der Waals surface area contributed by atoms with Gasteiger partial charge in [-0.15, -0.1) is 0 Å². The van der Waals surface area contributed by atoms with Gasteiger partial charge in [-0.3, -0.25) is 9.89 Å². The number of nitrogens with two attached hydrogens (primary N) is 1. The molecular formula is C14H28N4. The number of guanidine groups is 1. The lowest BCUT2D eigenvalue weighted by Gasteiger charge is -2.34. The molecule has 0 spiro atoms. The molecule has 1 aliphatic carbocycles. The summed E-state index contributed by atoms with van der Waals surface area (Å²) in [5.41, 5.74) is 6.02. The van der Waals surface area contributed by atoms with Gasteiger partial charge in [-0.05, 0) is 51.6 Å². The van der Waals surface area contributed by atoms with Crippen molar-refractivity contribution in [3.8, 4) is 0 Å². The van der Waals surface area contributed by atoms with Crippen molar-refractivity contribution in [2.24, 2.45) is 16.6 Å². The average Bonchev–Trinajstić information content (AvgIpc) is 3.19. The van der Waals surface area contributed by atoms with E-state index in [0.29, 0.717) is 12.1 Å². The Morgan fingerprint density at radius 1 is 1.33 bits per heavy atom. The van der Waals surface area contributed by atoms with Crippen molar-refractivity contribution in [2.75, 3.05) is 26.7 Å². The smallest absolute Gasteiger partial charge is 0.191 e. The van der Waals surface area contributed by atoms with Gasteiger partial charge in [0.05, 0.1) is 6.54 Å². The summed E-state index contributed by atoms with van der Waals surface area (Å²) < 4.78 is 0. The lowest BCUT2D eigenvalue weighted by molar-refractivity contribution is 0.150. The van der Waals surface area contributed by atoms with Crippen LogP contribution in [0, 0.1) is 5.92 Å². The highest BCUT2D eigenvalue weighted by atomic mass is 15.3. The molecule has 1 saturated heterocycles. The zero-order chi connectivity index (χ0) is 13.1. The van der Waals surface area contributed by atoms with E-state index in [2.05, 4.69) is 35.7 Å². The fourth-order valence-electron chi connectivity index (χ4n) is 2.57. The van der Waals surface area contributed by atoms with Gasteiger partial charge in [-0.2, -0.15) is 0 Å². The average molecular weight is 252 g/mol. The van der Waals surface area contributed by atoms with Gasteiger partial charge in [-0.1, -0.05) is 6.92 Å². The molecule has 0 bridgehead atoms. The SMILES string of the molecule is CC1CCN(C(C)CN=C(N)N(C)C2CC2)CC1. The number of hydrogen-bond donors (Lipinski definition) is 1. The fraction of sp³-hybridized carbons (Fsp3) is 0.929. The largest absolute Gasteiger partial charge is 0.370 e. The molecule has 2 N–H and O–H groups in total. The Balaban J connectivity index is 1.76. The van der Waals surface area contributed by atoms with Gasteiger partial charge in [-0.25, -0.2) is 0 Å². The van der Waals surface area contributed by atoms with E-state index in [1.54, 1.807) is 0 Å². The molecule has 0 aromatic rings. The lowest BCUT2D eigenvalue weighted by atomic mass is 9.98. The van der Waals surface area contributed by atoms with Crippen LogP contribution in [0.1, 0.15) is 39.5 Å². The van der Waals surface area contributed by atoms with Crippen LogP contribution in [-0.2, 0) is 0 Å². The van der Waals surface area contributed by atoms with Crippen molar-refractivity contribution in [2.45, 2.75) is 51.6 Å². The van der Waals surface area contributed by atoms with Crippen LogP contribution in [0.25, 0.3) is 0 Å². The Bertz CT molecular complexity index is 290. The van der Waals surface area contributed by atoms with E-state index >= 15 is 0 Å². The highest BCUT2D eigenvalue weighted by molar-refractivity contribution is 5.78. The Kier molecular flexibility index (Phi) is 4.49. The van der Waals surface area contributed by atoms with Gasteiger partial charge in [0.25, 0.3) is 0 Å². The molecule has 4 heteroatoms. The molecule has 4 nitrogen and oxygen atoms in total. The van der Waals surface area contributed by atoms with Gasteiger partial charge in [0.15, 0.2) is 5.96 Å². The van der Waals surface area contributed by atoms with Crippen LogP contribution in [-0.4, -0.2) is 54.5 Å². The zero-order valence-corrected chi connectivity index (χ0v) is 12.1. The number of piperidine rings is 1. The molecule has 1 saturated carbocycles. The standard InChI is InChI=1S/C14H28N4/c1-11-6-8-18(9-7-11)12(2)10-16-14(15)17(3)13-4-5-13/h11-13H,4-10H2,1-3H3,(H2,15,16). The van der Waals surface area contributed by atoms with Crippen LogP contribution in [0.15, 0.2) is 4.99 Å². The highest BCUT2D eigenvalue weighted by Gasteiger charge is 2.27. The van der Waals surface area contributed by atoms with Crippen molar-refractivity contribution >= 4 is 5.96 Å². The lowest BCUT2D eigenvalue weighted by Crippen LogP contribution is -2.42. The molecule has 0 aromatic carbocycles. The van der Waals surface area contributed by atoms with Crippen LogP contribution in [0.2, 0.25) is 0 Å². The molecule has 18 heavy (non-hydrogen) atoms. The van der Waals surface area contributed by atoms with E-state index < -0.39 is 0 Å². The van der Waals surface area contributed by atoms with E-state index in [9.17, 15) is 0 Å². The first-order valence-electron chi connectivity index (χ1n) is 7.34. The molecule has 1 aliphatic heterocycles. The summed E-state index contributed by atoms with van der Waals surface area (Å²) >= 11 is 0. The molecule has 1 unspecified atom stereocenters. The topological polar surface area (TPSA) is 44.9 Å². The quantitative estimate of drug-likeness (QED) is 0.609. The molecule has 0 amide bonds. The molecule has 2 aliphatic rings. The zero-order valence-electron chi connectivity index (χ0n) is 12.1. The first-order valence-corrected chi connectivity index (χ1v) is 7.34. The second-order valence-corrected chi connectivity index (χ2v) is 6.11. The Morgan fingerprint density at radius 3 is 2.50 bits per heavy atom. The van der Waals surface area contributed by atoms with Crippen LogP contribution in [0.4, 0.5) is 0 Å². The monoisotopic (exact) mass is 252 g/mol. The maximum absolute atomic E-state index is 6.02. The molecule has 1 atom stereocenters. The molecular weight excluding hydrogens is 224 g/mol. The predicted molar refractivity (Wildman–Crippen MR) is 76.7 cm³/mol. The number of hydrogen-bond acceptors (Lipinski definition) is 2. The summed E-state index contributed by atoms with van der Waals surface area (Å²) in [6.07, 6.45) is 5.19. The van der Waals surface area contributed by atoms with Gasteiger partial charge in [0, 0.05) is 19.1 Å². The van der Waals surface area contributed by atoms with E-state index in [4.69, 9.17) is 5.73 Å². The minimum Gasteiger partial charge on any atom is -0.370 e. The molecule has 0 aromatic heterocycles. The number of likely N-dealkylation sites (tertiary alicyclic amines) is 1. The second-order valence-electron chi connectivity index (χ2n) is 6.11. The van der Waals surface area contributed by atoms with Gasteiger partial charge in [0.1, 0.15) is 0 Å². The summed E-state index contributed by atoms with van der Waals surface area (Å²) in [6, 6.07) is 1.17. The maximum Gasteiger partial charge on any atom is 0.191 e. The number of aliphatic imine (C=N–C) groups is 1. The van der Waals surface area contributed by atoms with Crippen LogP contribution in [0.5, 0.6) is 0 Å². The van der Waals surface area contributed by atoms with Gasteiger partial charge < -0.3 is 10.6 Å². The van der Waals surface area contributed by atoms with Crippen molar-refractivity contribution in [1.29, 1.82) is 0 Å². The molecule has 104 valence electrons. The van der Waals surface area contributed by atoms with Gasteiger partial charge in [0.2, 0.25) is 0 Å². The van der Waals surface area contributed by atoms with Crippen LogP contribution in [0.3, 0.4) is 0 Å². The molecule has 0 radical (unpaired) electrons. The summed E-state index contributed by atoms with van der Waals surface area (Å²) in [6.45, 7) is 7.89. The predicted octanol–water partition coefficient (Wildman–Crippen LogP) is 1.52. The summed E-state index contributed by atoms with van der Waals surface area (Å²) in [4.78, 5) is 9.24. The fourth-order valence-corrected chi connectivity index (χ4v) is 2.57. The number of nitrogens with zero attached hydrogens (tertiary/aromatic N) is 3. The first kappa shape index (κ1) is 13.7. The van der Waals surface area contributed by atoms with Gasteiger partial charge >= 0.3 is 0 Å². The van der Waals surface area contributed by atoms with E-state index in [1.807, 2.05) is 0 Å². The molecule has 2 rings (SSSR count). The second kappa shape index (κ2) is 5.91. The third-order valence-corrected chi connectivity index (χ3v) is 4.42. The van der Waals surface area contributed by atoms with Crippen molar-refractivity contribution in [3.63, 3.8) is 0 Å². The normalized spacial score (nSPS) is 25.2. The summed E-state index contributed by atoms with van der Waals surface area (Å²) in [5.74, 6) is 1.61. The third kappa shape index (κ3) is 3.61. The minimum absolute atomic E-state index is 0.517.